The van der Waals surface area contributed by atoms with Gasteiger partial charge in [0, 0.05) is 38.1 Å². The molecule has 0 saturated carbocycles. The lowest BCUT2D eigenvalue weighted by atomic mass is 10.1. The third-order valence-corrected chi connectivity index (χ3v) is 4.15. The van der Waals surface area contributed by atoms with Crippen molar-refractivity contribution in [2.75, 3.05) is 31.8 Å². The highest BCUT2D eigenvalue weighted by molar-refractivity contribution is 7.91. The second-order valence-electron chi connectivity index (χ2n) is 5.41. The Hall–Kier alpha value is -1.41. The SMILES string of the molecule is CCOC[C@H]1CN(C(=O)CS(C)(=O)=O)Cc2cncn2C1. The van der Waals surface area contributed by atoms with Gasteiger partial charge in [-0.25, -0.2) is 13.4 Å². The number of nitrogens with zero attached hydrogens (tertiary/aromatic N) is 3. The van der Waals surface area contributed by atoms with E-state index >= 15 is 0 Å². The maximum Gasteiger partial charge on any atom is 0.238 e. The van der Waals surface area contributed by atoms with Crippen molar-refractivity contribution in [1.82, 2.24) is 14.5 Å². The lowest BCUT2D eigenvalue weighted by Gasteiger charge is -2.23. The average Bonchev–Trinajstić information content (AvgIpc) is 2.72. The Balaban J connectivity index is 2.15. The Morgan fingerprint density at radius 1 is 1.48 bits per heavy atom. The van der Waals surface area contributed by atoms with Gasteiger partial charge in [-0.3, -0.25) is 4.79 Å². The highest BCUT2D eigenvalue weighted by Crippen LogP contribution is 2.17. The Kier molecular flexibility index (Phi) is 5.00. The Bertz CT molecular complexity index is 596. The second kappa shape index (κ2) is 6.57. The topological polar surface area (TPSA) is 81.5 Å². The second-order valence-corrected chi connectivity index (χ2v) is 7.55. The smallest absolute Gasteiger partial charge is 0.238 e. The van der Waals surface area contributed by atoms with Crippen LogP contribution >= 0.6 is 0 Å². The molecule has 21 heavy (non-hydrogen) atoms. The zero-order chi connectivity index (χ0) is 15.5. The van der Waals surface area contributed by atoms with Gasteiger partial charge >= 0.3 is 0 Å². The fourth-order valence-corrected chi connectivity index (χ4v) is 3.08. The number of ether oxygens (including phenoxy) is 1. The molecule has 0 unspecified atom stereocenters. The first-order chi connectivity index (χ1) is 9.89. The fraction of sp³-hybridized carbons (Fsp3) is 0.692. The minimum Gasteiger partial charge on any atom is -0.381 e. The lowest BCUT2D eigenvalue weighted by molar-refractivity contribution is -0.129. The molecular weight excluding hydrogens is 294 g/mol. The highest BCUT2D eigenvalue weighted by atomic mass is 32.2. The van der Waals surface area contributed by atoms with E-state index in [9.17, 15) is 13.2 Å². The van der Waals surface area contributed by atoms with Gasteiger partial charge in [0.1, 0.15) is 5.75 Å². The molecule has 118 valence electrons. The Morgan fingerprint density at radius 2 is 2.24 bits per heavy atom. The van der Waals surface area contributed by atoms with E-state index in [1.807, 2.05) is 11.5 Å². The standard InChI is InChI=1S/C13H21N3O4S/c1-3-20-8-11-5-15(13(17)9-21(2,18)19)7-12-4-14-10-16(12)6-11/h4,10-11H,3,5-9H2,1-2H3/t11-/m0/s1. The molecule has 8 heteroatoms. The van der Waals surface area contributed by atoms with Crippen molar-refractivity contribution in [2.24, 2.45) is 5.92 Å². The number of sulfone groups is 1. The van der Waals surface area contributed by atoms with Gasteiger partial charge in [0.15, 0.2) is 9.84 Å². The molecule has 1 aromatic heterocycles. The molecular formula is C13H21N3O4S. The maximum absolute atomic E-state index is 12.2. The molecule has 2 heterocycles. The zero-order valence-corrected chi connectivity index (χ0v) is 13.2. The van der Waals surface area contributed by atoms with Gasteiger partial charge in [-0.2, -0.15) is 0 Å². The van der Waals surface area contributed by atoms with Crippen molar-refractivity contribution < 1.29 is 17.9 Å². The van der Waals surface area contributed by atoms with Crippen LogP contribution in [0.15, 0.2) is 12.5 Å². The third kappa shape index (κ3) is 4.53. The van der Waals surface area contributed by atoms with Gasteiger partial charge in [0.05, 0.1) is 25.2 Å². The van der Waals surface area contributed by atoms with Gasteiger partial charge < -0.3 is 14.2 Å². The number of fused-ring (bicyclic) bond motifs is 1. The summed E-state index contributed by atoms with van der Waals surface area (Å²) in [5.74, 6) is -0.694. The summed E-state index contributed by atoms with van der Waals surface area (Å²) >= 11 is 0. The first-order valence-corrected chi connectivity index (χ1v) is 8.97. The molecule has 7 nitrogen and oxygen atoms in total. The maximum atomic E-state index is 12.2. The molecule has 1 aliphatic heterocycles. The molecule has 1 amide bonds. The summed E-state index contributed by atoms with van der Waals surface area (Å²) in [6.45, 7) is 4.68. The summed E-state index contributed by atoms with van der Waals surface area (Å²) < 4.78 is 30.1. The van der Waals surface area contributed by atoms with E-state index in [2.05, 4.69) is 4.98 Å². The van der Waals surface area contributed by atoms with E-state index in [1.165, 1.54) is 0 Å². The summed E-state index contributed by atoms with van der Waals surface area (Å²) in [5, 5.41) is 0. The highest BCUT2D eigenvalue weighted by Gasteiger charge is 2.26. The summed E-state index contributed by atoms with van der Waals surface area (Å²) in [5.41, 5.74) is 0.913. The molecule has 0 spiro atoms. The van der Waals surface area contributed by atoms with Gasteiger partial charge in [0.25, 0.3) is 0 Å². The van der Waals surface area contributed by atoms with Gasteiger partial charge in [-0.15, -0.1) is 0 Å². The monoisotopic (exact) mass is 315 g/mol. The van der Waals surface area contributed by atoms with Crippen LogP contribution in [-0.4, -0.2) is 60.5 Å². The number of amides is 1. The third-order valence-electron chi connectivity index (χ3n) is 3.38. The molecule has 1 aliphatic rings. The van der Waals surface area contributed by atoms with E-state index in [-0.39, 0.29) is 11.8 Å². The fourth-order valence-electron chi connectivity index (χ4n) is 2.45. The van der Waals surface area contributed by atoms with Crippen LogP contribution in [0.5, 0.6) is 0 Å². The van der Waals surface area contributed by atoms with Crippen LogP contribution in [0.2, 0.25) is 0 Å². The summed E-state index contributed by atoms with van der Waals surface area (Å²) in [6.07, 6.45) is 4.52. The number of imidazole rings is 1. The number of hydrogen-bond acceptors (Lipinski definition) is 5. The van der Waals surface area contributed by atoms with Crippen LogP contribution in [-0.2, 0) is 32.5 Å². The van der Waals surface area contributed by atoms with Crippen molar-refractivity contribution in [3.63, 3.8) is 0 Å². The molecule has 0 N–H and O–H groups in total. The van der Waals surface area contributed by atoms with Gasteiger partial charge in [-0.1, -0.05) is 0 Å². The predicted octanol–water partition coefficient (Wildman–Crippen LogP) is -0.0774. The first kappa shape index (κ1) is 16.0. The molecule has 0 saturated heterocycles. The molecule has 0 bridgehead atoms. The van der Waals surface area contributed by atoms with Crippen molar-refractivity contribution >= 4 is 15.7 Å². The summed E-state index contributed by atoms with van der Waals surface area (Å²) in [7, 11) is -3.33. The number of carbonyl (C=O) groups is 1. The minimum atomic E-state index is -3.33. The van der Waals surface area contributed by atoms with E-state index < -0.39 is 15.6 Å². The van der Waals surface area contributed by atoms with E-state index in [0.29, 0.717) is 26.3 Å². The molecule has 1 atom stereocenters. The average molecular weight is 315 g/mol. The number of carbonyl (C=O) groups excluding carboxylic acids is 1. The first-order valence-electron chi connectivity index (χ1n) is 6.91. The molecule has 0 fully saturated rings. The molecule has 1 aromatic rings. The van der Waals surface area contributed by atoms with Crippen LogP contribution in [0.1, 0.15) is 12.6 Å². The zero-order valence-electron chi connectivity index (χ0n) is 12.4. The molecule has 0 aromatic carbocycles. The van der Waals surface area contributed by atoms with Gasteiger partial charge in [-0.05, 0) is 6.92 Å². The molecule has 0 radical (unpaired) electrons. The minimum absolute atomic E-state index is 0.129. The van der Waals surface area contributed by atoms with Crippen molar-refractivity contribution in [2.45, 2.75) is 20.0 Å². The normalized spacial score (nSPS) is 19.1. The number of hydrogen-bond donors (Lipinski definition) is 0. The van der Waals surface area contributed by atoms with Crippen LogP contribution in [0.4, 0.5) is 0 Å². The largest absolute Gasteiger partial charge is 0.381 e. The van der Waals surface area contributed by atoms with Crippen LogP contribution in [0, 0.1) is 5.92 Å². The van der Waals surface area contributed by atoms with Crippen LogP contribution in [0.25, 0.3) is 0 Å². The van der Waals surface area contributed by atoms with Gasteiger partial charge in [0.2, 0.25) is 5.91 Å². The Labute approximate surface area is 124 Å². The number of rotatable bonds is 5. The van der Waals surface area contributed by atoms with E-state index in [4.69, 9.17) is 4.74 Å². The summed E-state index contributed by atoms with van der Waals surface area (Å²) in [4.78, 5) is 17.9. The summed E-state index contributed by atoms with van der Waals surface area (Å²) in [6, 6.07) is 0. The van der Waals surface area contributed by atoms with Crippen molar-refractivity contribution in [3.05, 3.63) is 18.2 Å². The van der Waals surface area contributed by atoms with Crippen LogP contribution in [0.3, 0.4) is 0 Å². The molecule has 0 aliphatic carbocycles. The van der Waals surface area contributed by atoms with Crippen LogP contribution < -0.4 is 0 Å². The Morgan fingerprint density at radius 3 is 2.90 bits per heavy atom. The quantitative estimate of drug-likeness (QED) is 0.759. The van der Waals surface area contributed by atoms with Crippen molar-refractivity contribution in [1.29, 1.82) is 0 Å². The van der Waals surface area contributed by atoms with E-state index in [0.717, 1.165) is 18.5 Å². The number of aromatic nitrogens is 2. The van der Waals surface area contributed by atoms with E-state index in [1.54, 1.807) is 17.4 Å². The lowest BCUT2D eigenvalue weighted by Crippen LogP contribution is -2.38. The van der Waals surface area contributed by atoms with Crippen molar-refractivity contribution in [3.8, 4) is 0 Å². The molecule has 2 rings (SSSR count). The predicted molar refractivity (Wildman–Crippen MR) is 77.3 cm³/mol.